The minimum absolute atomic E-state index is 0.0341. The minimum atomic E-state index is -0.369. The molecule has 21 heavy (non-hydrogen) atoms. The van der Waals surface area contributed by atoms with E-state index < -0.39 is 0 Å². The first-order chi connectivity index (χ1) is 9.90. The van der Waals surface area contributed by atoms with Gasteiger partial charge in [0, 0.05) is 40.5 Å². The third-order valence-corrected chi connectivity index (χ3v) is 2.99. The van der Waals surface area contributed by atoms with Crippen molar-refractivity contribution < 1.29 is 14.3 Å². The average molecular weight is 297 g/mol. The molecule has 0 bridgehead atoms. The molecule has 1 heterocycles. The molecule has 118 valence electrons. The third-order valence-electron chi connectivity index (χ3n) is 2.99. The van der Waals surface area contributed by atoms with E-state index in [1.807, 2.05) is 6.92 Å². The molecule has 0 saturated heterocycles. The molecule has 1 rings (SSSR count). The highest BCUT2D eigenvalue weighted by Crippen LogP contribution is 2.12. The summed E-state index contributed by atoms with van der Waals surface area (Å²) < 4.78 is 6.57. The van der Waals surface area contributed by atoms with Crippen molar-refractivity contribution in [2.75, 3.05) is 46.6 Å². The van der Waals surface area contributed by atoms with E-state index in [-0.39, 0.29) is 24.1 Å². The highest BCUT2D eigenvalue weighted by Gasteiger charge is 2.23. The highest BCUT2D eigenvalue weighted by atomic mass is 16.5. The smallest absolute Gasteiger partial charge is 0.277 e. The summed E-state index contributed by atoms with van der Waals surface area (Å²) in [6, 6.07) is 0. The summed E-state index contributed by atoms with van der Waals surface area (Å²) in [7, 11) is 4.82. The molecule has 0 aliphatic rings. The molecule has 0 spiro atoms. The van der Waals surface area contributed by atoms with Crippen molar-refractivity contribution in [2.45, 2.75) is 13.5 Å². The van der Waals surface area contributed by atoms with Crippen molar-refractivity contribution >= 4 is 17.5 Å². The number of amides is 2. The summed E-state index contributed by atoms with van der Waals surface area (Å²) in [5.74, 6) is -0.542. The van der Waals surface area contributed by atoms with Crippen LogP contribution in [0, 0.1) is 0 Å². The first-order valence-electron chi connectivity index (χ1n) is 6.72. The quantitative estimate of drug-likeness (QED) is 0.743. The lowest BCUT2D eigenvalue weighted by atomic mass is 10.3. The van der Waals surface area contributed by atoms with Gasteiger partial charge < -0.3 is 20.3 Å². The lowest BCUT2D eigenvalue weighted by Gasteiger charge is -2.22. The number of hydrogen-bond donors (Lipinski definition) is 1. The van der Waals surface area contributed by atoms with E-state index in [2.05, 4.69) is 5.10 Å². The lowest BCUT2D eigenvalue weighted by molar-refractivity contribution is -0.129. The number of carbonyl (C=O) groups excluding carboxylic acids is 2. The molecule has 0 saturated carbocycles. The predicted molar refractivity (Wildman–Crippen MR) is 78.8 cm³/mol. The van der Waals surface area contributed by atoms with Gasteiger partial charge in [-0.05, 0) is 6.92 Å². The van der Waals surface area contributed by atoms with Gasteiger partial charge in [-0.1, -0.05) is 0 Å². The molecule has 2 N–H and O–H groups in total. The van der Waals surface area contributed by atoms with Crippen LogP contribution in [0.3, 0.4) is 0 Å². The molecule has 0 radical (unpaired) electrons. The van der Waals surface area contributed by atoms with Crippen molar-refractivity contribution in [1.82, 2.24) is 19.6 Å². The van der Waals surface area contributed by atoms with E-state index in [0.29, 0.717) is 25.4 Å². The van der Waals surface area contributed by atoms with Gasteiger partial charge in [-0.3, -0.25) is 14.3 Å². The van der Waals surface area contributed by atoms with E-state index in [9.17, 15) is 9.59 Å². The van der Waals surface area contributed by atoms with Gasteiger partial charge in [0.25, 0.3) is 5.91 Å². The predicted octanol–water partition coefficient (Wildman–Crippen LogP) is -0.338. The Labute approximate surface area is 124 Å². The molecular weight excluding hydrogens is 274 g/mol. The van der Waals surface area contributed by atoms with Crippen LogP contribution < -0.4 is 5.73 Å². The summed E-state index contributed by atoms with van der Waals surface area (Å²) in [6.07, 6.45) is 1.61. The number of methoxy groups -OCH3 is 1. The van der Waals surface area contributed by atoms with Gasteiger partial charge in [0.05, 0.1) is 12.3 Å². The standard InChI is InChI=1S/C13H23N5O3/c1-5-18-8-10(14)12(15-18)13(20)17(6-7-21-4)9-11(19)16(2)3/h8H,5-7,9,14H2,1-4H3. The highest BCUT2D eigenvalue weighted by molar-refractivity contribution is 5.98. The zero-order valence-corrected chi connectivity index (χ0v) is 13.0. The number of rotatable bonds is 7. The SMILES string of the molecule is CCn1cc(N)c(C(=O)N(CCOC)CC(=O)N(C)C)n1. The first kappa shape index (κ1) is 17.0. The van der Waals surface area contributed by atoms with Crippen LogP contribution in [0.2, 0.25) is 0 Å². The molecule has 0 atom stereocenters. The number of likely N-dealkylation sites (N-methyl/N-ethyl adjacent to an activating group) is 1. The summed E-state index contributed by atoms with van der Waals surface area (Å²) in [4.78, 5) is 27.2. The summed E-state index contributed by atoms with van der Waals surface area (Å²) >= 11 is 0. The Morgan fingerprint density at radius 1 is 1.43 bits per heavy atom. The Bertz CT molecular complexity index is 498. The van der Waals surface area contributed by atoms with Gasteiger partial charge >= 0.3 is 0 Å². The number of nitrogen functional groups attached to an aromatic ring is 1. The van der Waals surface area contributed by atoms with Crippen molar-refractivity contribution in [3.8, 4) is 0 Å². The topological polar surface area (TPSA) is 93.7 Å². The molecule has 8 heteroatoms. The van der Waals surface area contributed by atoms with Crippen molar-refractivity contribution in [3.63, 3.8) is 0 Å². The van der Waals surface area contributed by atoms with E-state index in [1.54, 1.807) is 25.0 Å². The number of anilines is 1. The lowest BCUT2D eigenvalue weighted by Crippen LogP contribution is -2.42. The molecule has 1 aromatic heterocycles. The summed E-state index contributed by atoms with van der Waals surface area (Å²) in [6.45, 7) is 3.12. The van der Waals surface area contributed by atoms with Crippen LogP contribution in [0.5, 0.6) is 0 Å². The fraction of sp³-hybridized carbons (Fsp3) is 0.615. The van der Waals surface area contributed by atoms with E-state index in [4.69, 9.17) is 10.5 Å². The number of hydrogen-bond acceptors (Lipinski definition) is 5. The van der Waals surface area contributed by atoms with Gasteiger partial charge in [-0.15, -0.1) is 0 Å². The maximum absolute atomic E-state index is 12.5. The van der Waals surface area contributed by atoms with Crippen LogP contribution >= 0.6 is 0 Å². The Morgan fingerprint density at radius 3 is 2.57 bits per heavy atom. The fourth-order valence-electron chi connectivity index (χ4n) is 1.67. The van der Waals surface area contributed by atoms with Crippen molar-refractivity contribution in [1.29, 1.82) is 0 Å². The number of aromatic nitrogens is 2. The monoisotopic (exact) mass is 297 g/mol. The van der Waals surface area contributed by atoms with Gasteiger partial charge in [-0.2, -0.15) is 5.10 Å². The number of nitrogens with zero attached hydrogens (tertiary/aromatic N) is 4. The van der Waals surface area contributed by atoms with Gasteiger partial charge in [0.2, 0.25) is 5.91 Å². The van der Waals surface area contributed by atoms with Gasteiger partial charge in [-0.25, -0.2) is 0 Å². The Balaban J connectivity index is 2.92. The second-order valence-electron chi connectivity index (χ2n) is 4.80. The van der Waals surface area contributed by atoms with Gasteiger partial charge in [0.15, 0.2) is 5.69 Å². The number of aryl methyl sites for hydroxylation is 1. The molecule has 0 aliphatic heterocycles. The number of nitrogens with two attached hydrogens (primary N) is 1. The van der Waals surface area contributed by atoms with Crippen molar-refractivity contribution in [3.05, 3.63) is 11.9 Å². The largest absolute Gasteiger partial charge is 0.396 e. The van der Waals surface area contributed by atoms with E-state index in [0.717, 1.165) is 0 Å². The molecule has 8 nitrogen and oxygen atoms in total. The molecule has 0 fully saturated rings. The normalized spacial score (nSPS) is 10.5. The Hall–Kier alpha value is -2.09. The van der Waals surface area contributed by atoms with Crippen LogP contribution in [-0.2, 0) is 16.1 Å². The maximum atomic E-state index is 12.5. The fourth-order valence-corrected chi connectivity index (χ4v) is 1.67. The molecule has 0 unspecified atom stereocenters. The van der Waals surface area contributed by atoms with Crippen LogP contribution in [-0.4, -0.2) is 72.3 Å². The summed E-state index contributed by atoms with van der Waals surface area (Å²) in [5.41, 5.74) is 6.29. The van der Waals surface area contributed by atoms with E-state index in [1.165, 1.54) is 16.9 Å². The Kier molecular flexibility index (Phi) is 6.16. The van der Waals surface area contributed by atoms with Crippen LogP contribution in [0.15, 0.2) is 6.20 Å². The first-order valence-corrected chi connectivity index (χ1v) is 6.72. The van der Waals surface area contributed by atoms with Crippen LogP contribution in [0.25, 0.3) is 0 Å². The second-order valence-corrected chi connectivity index (χ2v) is 4.80. The zero-order valence-electron chi connectivity index (χ0n) is 13.0. The molecular formula is C13H23N5O3. The minimum Gasteiger partial charge on any atom is -0.396 e. The molecule has 2 amide bonds. The van der Waals surface area contributed by atoms with Crippen LogP contribution in [0.1, 0.15) is 17.4 Å². The zero-order chi connectivity index (χ0) is 16.0. The third kappa shape index (κ3) is 4.45. The summed E-state index contributed by atoms with van der Waals surface area (Å²) in [5, 5.41) is 4.14. The number of ether oxygens (including phenoxy) is 1. The maximum Gasteiger partial charge on any atom is 0.277 e. The Morgan fingerprint density at radius 2 is 2.10 bits per heavy atom. The molecule has 1 aromatic rings. The van der Waals surface area contributed by atoms with Crippen molar-refractivity contribution in [2.24, 2.45) is 0 Å². The average Bonchev–Trinajstić information content (AvgIpc) is 2.83. The second kappa shape index (κ2) is 7.63. The molecule has 0 aliphatic carbocycles. The van der Waals surface area contributed by atoms with E-state index >= 15 is 0 Å². The number of carbonyl (C=O) groups is 2. The molecule has 0 aromatic carbocycles. The van der Waals surface area contributed by atoms with Crippen LogP contribution in [0.4, 0.5) is 5.69 Å². The van der Waals surface area contributed by atoms with Gasteiger partial charge in [0.1, 0.15) is 6.54 Å².